The lowest BCUT2D eigenvalue weighted by Crippen LogP contribution is -2.39. The van der Waals surface area contributed by atoms with Crippen molar-refractivity contribution in [3.63, 3.8) is 0 Å². The Morgan fingerprint density at radius 3 is 2.94 bits per heavy atom. The molecule has 1 heterocycles. The number of pyridine rings is 1. The van der Waals surface area contributed by atoms with Crippen LogP contribution >= 0.6 is 0 Å². The molecule has 3 saturated carbocycles. The Kier molecular flexibility index (Phi) is 2.65. The summed E-state index contributed by atoms with van der Waals surface area (Å²) in [6.45, 7) is 0.951. The van der Waals surface area contributed by atoms with Crippen LogP contribution in [0.4, 0.5) is 0 Å². The van der Waals surface area contributed by atoms with Crippen LogP contribution in [0.15, 0.2) is 24.4 Å². The zero-order chi connectivity index (χ0) is 11.9. The molecule has 5 unspecified atom stereocenters. The maximum Gasteiger partial charge on any atom is 0.0541 e. The van der Waals surface area contributed by atoms with Crippen molar-refractivity contribution in [1.29, 1.82) is 0 Å². The van der Waals surface area contributed by atoms with Crippen molar-refractivity contribution in [2.45, 2.75) is 44.7 Å². The molecular formula is C16H22N2. The molecule has 1 aromatic rings. The number of nitrogens with zero attached hydrogens (tertiary/aromatic N) is 1. The number of hydrogen-bond donors (Lipinski definition) is 1. The van der Waals surface area contributed by atoms with E-state index in [1.807, 2.05) is 12.3 Å². The first-order valence-corrected chi connectivity index (χ1v) is 7.55. The molecule has 0 saturated heterocycles. The monoisotopic (exact) mass is 242 g/mol. The minimum atomic E-state index is 0.774. The maximum absolute atomic E-state index is 4.41. The molecular weight excluding hydrogens is 220 g/mol. The highest BCUT2D eigenvalue weighted by Gasteiger charge is 2.53. The van der Waals surface area contributed by atoms with Gasteiger partial charge in [-0.2, -0.15) is 0 Å². The minimum absolute atomic E-state index is 0.774. The highest BCUT2D eigenvalue weighted by Crippen LogP contribution is 2.58. The van der Waals surface area contributed by atoms with Gasteiger partial charge >= 0.3 is 0 Å². The van der Waals surface area contributed by atoms with E-state index in [0.29, 0.717) is 0 Å². The van der Waals surface area contributed by atoms with Crippen molar-refractivity contribution in [2.24, 2.45) is 23.7 Å². The lowest BCUT2D eigenvalue weighted by atomic mass is 9.79. The zero-order valence-electron chi connectivity index (χ0n) is 10.9. The van der Waals surface area contributed by atoms with Crippen molar-refractivity contribution in [2.75, 3.05) is 0 Å². The highest BCUT2D eigenvalue weighted by molar-refractivity contribution is 5.07. The molecule has 18 heavy (non-hydrogen) atoms. The van der Waals surface area contributed by atoms with Gasteiger partial charge < -0.3 is 5.32 Å². The highest BCUT2D eigenvalue weighted by atomic mass is 15.0. The fraction of sp³-hybridized carbons (Fsp3) is 0.688. The van der Waals surface area contributed by atoms with E-state index in [0.717, 1.165) is 36.3 Å². The Bertz CT molecular complexity index is 416. The molecule has 1 aromatic heterocycles. The lowest BCUT2D eigenvalue weighted by Gasteiger charge is -2.32. The fourth-order valence-electron chi connectivity index (χ4n) is 5.04. The second kappa shape index (κ2) is 4.34. The van der Waals surface area contributed by atoms with Gasteiger partial charge in [-0.3, -0.25) is 4.98 Å². The van der Waals surface area contributed by atoms with Crippen LogP contribution in [0.2, 0.25) is 0 Å². The molecule has 4 rings (SSSR count). The molecule has 96 valence electrons. The average molecular weight is 242 g/mol. The van der Waals surface area contributed by atoms with Crippen LogP contribution in [0.5, 0.6) is 0 Å². The van der Waals surface area contributed by atoms with Gasteiger partial charge in [0.05, 0.1) is 5.69 Å². The van der Waals surface area contributed by atoms with Gasteiger partial charge in [-0.15, -0.1) is 0 Å². The van der Waals surface area contributed by atoms with Gasteiger partial charge in [-0.25, -0.2) is 0 Å². The normalized spacial score (nSPS) is 41.2. The first-order valence-electron chi connectivity index (χ1n) is 7.55. The van der Waals surface area contributed by atoms with E-state index in [4.69, 9.17) is 0 Å². The van der Waals surface area contributed by atoms with E-state index in [-0.39, 0.29) is 0 Å². The van der Waals surface area contributed by atoms with E-state index in [1.165, 1.54) is 37.8 Å². The summed E-state index contributed by atoms with van der Waals surface area (Å²) < 4.78 is 0. The van der Waals surface area contributed by atoms with Crippen LogP contribution < -0.4 is 5.32 Å². The van der Waals surface area contributed by atoms with Crippen LogP contribution in [-0.4, -0.2) is 11.0 Å². The molecule has 2 bridgehead atoms. The van der Waals surface area contributed by atoms with Crippen LogP contribution in [0.1, 0.15) is 37.8 Å². The zero-order valence-corrected chi connectivity index (χ0v) is 10.9. The first-order chi connectivity index (χ1) is 8.92. The summed E-state index contributed by atoms with van der Waals surface area (Å²) in [5.74, 6) is 4.18. The average Bonchev–Trinajstić information content (AvgIpc) is 3.09. The predicted molar refractivity (Wildman–Crippen MR) is 71.9 cm³/mol. The second-order valence-corrected chi connectivity index (χ2v) is 6.46. The Labute approximate surface area is 109 Å². The van der Waals surface area contributed by atoms with Gasteiger partial charge in [-0.1, -0.05) is 12.5 Å². The third-order valence-electron chi connectivity index (χ3n) is 5.70. The van der Waals surface area contributed by atoms with E-state index in [1.54, 1.807) is 0 Å². The van der Waals surface area contributed by atoms with Gasteiger partial charge in [0.25, 0.3) is 0 Å². The number of aromatic nitrogens is 1. The van der Waals surface area contributed by atoms with Crippen LogP contribution in [0, 0.1) is 23.7 Å². The molecule has 2 nitrogen and oxygen atoms in total. The molecule has 0 aliphatic heterocycles. The van der Waals surface area contributed by atoms with Crippen molar-refractivity contribution >= 4 is 0 Å². The predicted octanol–water partition coefficient (Wildman–Crippen LogP) is 3.00. The smallest absolute Gasteiger partial charge is 0.0541 e. The molecule has 0 amide bonds. The summed E-state index contributed by atoms with van der Waals surface area (Å²) in [5.41, 5.74) is 1.18. The number of fused-ring (bicyclic) bond motifs is 5. The molecule has 1 N–H and O–H groups in total. The Morgan fingerprint density at radius 2 is 2.06 bits per heavy atom. The van der Waals surface area contributed by atoms with Gasteiger partial charge in [-0.05, 0) is 61.5 Å². The van der Waals surface area contributed by atoms with E-state index in [9.17, 15) is 0 Å². The maximum atomic E-state index is 4.41. The minimum Gasteiger partial charge on any atom is -0.308 e. The Hall–Kier alpha value is -0.890. The van der Waals surface area contributed by atoms with Gasteiger partial charge in [0.2, 0.25) is 0 Å². The number of nitrogens with one attached hydrogen (secondary N) is 1. The molecule has 0 aromatic carbocycles. The molecule has 3 aliphatic carbocycles. The van der Waals surface area contributed by atoms with Crippen LogP contribution in [0.25, 0.3) is 0 Å². The van der Waals surface area contributed by atoms with Gasteiger partial charge in [0.1, 0.15) is 0 Å². The topological polar surface area (TPSA) is 24.9 Å². The Morgan fingerprint density at radius 1 is 1.11 bits per heavy atom. The lowest BCUT2D eigenvalue weighted by molar-refractivity contribution is 0.207. The van der Waals surface area contributed by atoms with E-state index in [2.05, 4.69) is 22.4 Å². The summed E-state index contributed by atoms with van der Waals surface area (Å²) in [6.07, 6.45) is 9.36. The largest absolute Gasteiger partial charge is 0.308 e. The molecule has 3 fully saturated rings. The SMILES string of the molecule is c1ccc(CNC2CC3CC2C2CCCC32)nc1. The standard InChI is InChI=1S/C16H22N2/c1-2-7-17-12(4-1)10-18-16-9-11-8-15(16)14-6-3-5-13(11)14/h1-2,4,7,11,13-16,18H,3,5-6,8-10H2. The third kappa shape index (κ3) is 1.70. The summed E-state index contributed by atoms with van der Waals surface area (Å²) in [5, 5.41) is 3.78. The van der Waals surface area contributed by atoms with Crippen molar-refractivity contribution in [3.05, 3.63) is 30.1 Å². The molecule has 0 radical (unpaired) electrons. The summed E-state index contributed by atoms with van der Waals surface area (Å²) in [4.78, 5) is 4.41. The fourth-order valence-corrected chi connectivity index (χ4v) is 5.04. The first kappa shape index (κ1) is 11.0. The number of hydrogen-bond acceptors (Lipinski definition) is 2. The second-order valence-electron chi connectivity index (χ2n) is 6.46. The Balaban J connectivity index is 1.40. The summed E-state index contributed by atoms with van der Waals surface area (Å²) in [6, 6.07) is 6.97. The summed E-state index contributed by atoms with van der Waals surface area (Å²) >= 11 is 0. The van der Waals surface area contributed by atoms with Crippen molar-refractivity contribution in [3.8, 4) is 0 Å². The molecule has 0 spiro atoms. The number of rotatable bonds is 3. The van der Waals surface area contributed by atoms with Crippen molar-refractivity contribution in [1.82, 2.24) is 10.3 Å². The molecule has 5 atom stereocenters. The quantitative estimate of drug-likeness (QED) is 0.881. The van der Waals surface area contributed by atoms with Gasteiger partial charge in [0, 0.05) is 18.8 Å². The van der Waals surface area contributed by atoms with E-state index < -0.39 is 0 Å². The molecule has 3 aliphatic rings. The van der Waals surface area contributed by atoms with Crippen LogP contribution in [-0.2, 0) is 6.54 Å². The van der Waals surface area contributed by atoms with Crippen molar-refractivity contribution < 1.29 is 0 Å². The third-order valence-corrected chi connectivity index (χ3v) is 5.70. The van der Waals surface area contributed by atoms with Crippen LogP contribution in [0.3, 0.4) is 0 Å². The summed E-state index contributed by atoms with van der Waals surface area (Å²) in [7, 11) is 0. The molecule has 2 heteroatoms. The van der Waals surface area contributed by atoms with E-state index >= 15 is 0 Å². The van der Waals surface area contributed by atoms with Gasteiger partial charge in [0.15, 0.2) is 0 Å².